The number of ketones is 1. The van der Waals surface area contributed by atoms with E-state index in [1.165, 1.54) is 12.1 Å². The van der Waals surface area contributed by atoms with Gasteiger partial charge in [0.15, 0.2) is 5.78 Å². The van der Waals surface area contributed by atoms with Gasteiger partial charge in [0.1, 0.15) is 5.82 Å². The van der Waals surface area contributed by atoms with Gasteiger partial charge in [-0.2, -0.15) is 0 Å². The Balaban J connectivity index is 2.18. The molecule has 96 valence electrons. The van der Waals surface area contributed by atoms with Gasteiger partial charge >= 0.3 is 7.12 Å². The van der Waals surface area contributed by atoms with Gasteiger partial charge in [-0.15, -0.1) is 11.6 Å². The standard InChI is InChI=1S/C12H13BClFO3/c14-4-2-1-3-12(16)9-6-10-8(5-11(9)15)7-18-13(10)17/h5-6,17H,1-4,7H2. The summed E-state index contributed by atoms with van der Waals surface area (Å²) in [6.07, 6.45) is 1.63. The summed E-state index contributed by atoms with van der Waals surface area (Å²) in [5.41, 5.74) is 1.10. The molecule has 0 aromatic heterocycles. The molecule has 3 nitrogen and oxygen atoms in total. The van der Waals surface area contributed by atoms with Crippen LogP contribution in [-0.4, -0.2) is 23.8 Å². The number of Topliss-reactive ketones (excluding diaryl/α,β-unsaturated/α-hetero) is 1. The molecule has 0 fully saturated rings. The van der Waals surface area contributed by atoms with Crippen LogP contribution in [0.4, 0.5) is 4.39 Å². The molecule has 0 saturated heterocycles. The number of unbranched alkanes of at least 4 members (excludes halogenated alkanes) is 1. The summed E-state index contributed by atoms with van der Waals surface area (Å²) in [5, 5.41) is 9.52. The zero-order chi connectivity index (χ0) is 13.1. The van der Waals surface area contributed by atoms with E-state index in [0.717, 1.165) is 6.42 Å². The van der Waals surface area contributed by atoms with Crippen molar-refractivity contribution in [2.45, 2.75) is 25.9 Å². The molecule has 0 atom stereocenters. The van der Waals surface area contributed by atoms with Crippen molar-refractivity contribution in [3.05, 3.63) is 29.1 Å². The van der Waals surface area contributed by atoms with Gasteiger partial charge in [-0.1, -0.05) is 0 Å². The molecule has 1 aromatic carbocycles. The highest BCUT2D eigenvalue weighted by molar-refractivity contribution is 6.61. The molecule has 1 aliphatic heterocycles. The molecule has 0 bridgehead atoms. The third-order valence-electron chi connectivity index (χ3n) is 2.98. The van der Waals surface area contributed by atoms with Crippen LogP contribution in [-0.2, 0) is 11.3 Å². The van der Waals surface area contributed by atoms with Gasteiger partial charge in [-0.3, -0.25) is 4.79 Å². The molecule has 0 saturated carbocycles. The monoisotopic (exact) mass is 270 g/mol. The number of rotatable bonds is 5. The number of hydrogen-bond donors (Lipinski definition) is 1. The van der Waals surface area contributed by atoms with Crippen molar-refractivity contribution in [2.24, 2.45) is 0 Å². The lowest BCUT2D eigenvalue weighted by Crippen LogP contribution is -2.29. The number of carbonyl (C=O) groups is 1. The van der Waals surface area contributed by atoms with Gasteiger partial charge < -0.3 is 9.68 Å². The van der Waals surface area contributed by atoms with Crippen molar-refractivity contribution < 1.29 is 18.9 Å². The maximum absolute atomic E-state index is 13.7. The van der Waals surface area contributed by atoms with E-state index in [4.69, 9.17) is 16.3 Å². The second-order valence-electron chi connectivity index (χ2n) is 4.26. The number of benzene rings is 1. The third-order valence-corrected chi connectivity index (χ3v) is 3.25. The van der Waals surface area contributed by atoms with Crippen LogP contribution in [0.5, 0.6) is 0 Å². The van der Waals surface area contributed by atoms with Crippen molar-refractivity contribution in [2.75, 3.05) is 5.88 Å². The second kappa shape index (κ2) is 5.82. The predicted octanol–water partition coefficient (Wildman–Crippen LogP) is 1.64. The fraction of sp³-hybridized carbons (Fsp3) is 0.417. The Morgan fingerprint density at radius 1 is 1.50 bits per heavy atom. The zero-order valence-electron chi connectivity index (χ0n) is 9.79. The van der Waals surface area contributed by atoms with Crippen LogP contribution in [0, 0.1) is 5.82 Å². The maximum Gasteiger partial charge on any atom is 0.491 e. The first-order valence-corrected chi connectivity index (χ1v) is 6.38. The fourth-order valence-corrected chi connectivity index (χ4v) is 2.16. The van der Waals surface area contributed by atoms with Crippen molar-refractivity contribution >= 4 is 30.0 Å². The average molecular weight is 270 g/mol. The third kappa shape index (κ3) is 2.74. The lowest BCUT2D eigenvalue weighted by Gasteiger charge is -2.05. The Labute approximate surface area is 110 Å². The lowest BCUT2D eigenvalue weighted by molar-refractivity contribution is 0.0976. The van der Waals surface area contributed by atoms with E-state index < -0.39 is 12.9 Å². The largest absolute Gasteiger partial charge is 0.491 e. The lowest BCUT2D eigenvalue weighted by atomic mass is 9.78. The molecule has 6 heteroatoms. The van der Waals surface area contributed by atoms with Crippen molar-refractivity contribution in [1.82, 2.24) is 0 Å². The molecule has 1 aromatic rings. The molecule has 1 heterocycles. The Morgan fingerprint density at radius 2 is 2.28 bits per heavy atom. The highest BCUT2D eigenvalue weighted by atomic mass is 35.5. The summed E-state index contributed by atoms with van der Waals surface area (Å²) < 4.78 is 18.7. The normalized spacial score (nSPS) is 13.8. The van der Waals surface area contributed by atoms with Crippen LogP contribution in [0.15, 0.2) is 12.1 Å². The van der Waals surface area contributed by atoms with E-state index in [1.54, 1.807) is 0 Å². The van der Waals surface area contributed by atoms with Crippen LogP contribution >= 0.6 is 11.6 Å². The molecule has 0 spiro atoms. The van der Waals surface area contributed by atoms with Crippen molar-refractivity contribution in [3.63, 3.8) is 0 Å². The molecule has 0 amide bonds. The number of carbonyl (C=O) groups excluding carboxylic acids is 1. The number of fused-ring (bicyclic) bond motifs is 1. The van der Waals surface area contributed by atoms with E-state index in [2.05, 4.69) is 0 Å². The molecular weight excluding hydrogens is 257 g/mol. The van der Waals surface area contributed by atoms with Gasteiger partial charge in [0.2, 0.25) is 0 Å². The van der Waals surface area contributed by atoms with Crippen LogP contribution in [0.25, 0.3) is 0 Å². The quantitative estimate of drug-likeness (QED) is 0.383. The van der Waals surface area contributed by atoms with E-state index in [1.807, 2.05) is 0 Å². The molecule has 1 aliphatic rings. The minimum Gasteiger partial charge on any atom is -0.423 e. The smallest absolute Gasteiger partial charge is 0.423 e. The molecule has 2 rings (SSSR count). The van der Waals surface area contributed by atoms with Gasteiger partial charge in [-0.25, -0.2) is 4.39 Å². The first kappa shape index (κ1) is 13.5. The van der Waals surface area contributed by atoms with E-state index in [-0.39, 0.29) is 24.4 Å². The molecule has 0 unspecified atom stereocenters. The zero-order valence-corrected chi connectivity index (χ0v) is 10.5. The topological polar surface area (TPSA) is 46.5 Å². The Bertz CT molecular complexity index is 467. The summed E-state index contributed by atoms with van der Waals surface area (Å²) in [7, 11) is -1.06. The molecule has 18 heavy (non-hydrogen) atoms. The van der Waals surface area contributed by atoms with Crippen LogP contribution in [0.2, 0.25) is 0 Å². The molecular formula is C12H13BClFO3. The van der Waals surface area contributed by atoms with Gasteiger partial charge in [0.25, 0.3) is 0 Å². The predicted molar refractivity (Wildman–Crippen MR) is 67.7 cm³/mol. The Hall–Kier alpha value is -0.905. The highest BCUT2D eigenvalue weighted by Gasteiger charge is 2.29. The molecule has 1 N–H and O–H groups in total. The minimum absolute atomic E-state index is 0.0212. The number of hydrogen-bond acceptors (Lipinski definition) is 3. The summed E-state index contributed by atoms with van der Waals surface area (Å²) >= 11 is 5.52. The second-order valence-corrected chi connectivity index (χ2v) is 4.64. The molecule has 0 aliphatic carbocycles. The first-order chi connectivity index (χ1) is 8.63. The fourth-order valence-electron chi connectivity index (χ4n) is 1.97. The maximum atomic E-state index is 13.7. The van der Waals surface area contributed by atoms with Crippen LogP contribution in [0.3, 0.4) is 0 Å². The van der Waals surface area contributed by atoms with Crippen LogP contribution < -0.4 is 5.46 Å². The Kier molecular flexibility index (Phi) is 4.38. The summed E-state index contributed by atoms with van der Waals surface area (Å²) in [6, 6.07) is 2.66. The van der Waals surface area contributed by atoms with E-state index in [9.17, 15) is 14.2 Å². The van der Waals surface area contributed by atoms with Crippen molar-refractivity contribution in [3.8, 4) is 0 Å². The van der Waals surface area contributed by atoms with E-state index >= 15 is 0 Å². The SMILES string of the molecule is O=C(CCCCCl)c1cc2c(cc1F)COB2O. The van der Waals surface area contributed by atoms with E-state index in [0.29, 0.717) is 23.3 Å². The minimum atomic E-state index is -1.06. The summed E-state index contributed by atoms with van der Waals surface area (Å²) in [6.45, 7) is 0.175. The van der Waals surface area contributed by atoms with Crippen molar-refractivity contribution in [1.29, 1.82) is 0 Å². The number of alkyl halides is 1. The van der Waals surface area contributed by atoms with Gasteiger partial charge in [0, 0.05) is 12.3 Å². The average Bonchev–Trinajstić information content (AvgIpc) is 2.69. The number of halogens is 2. The van der Waals surface area contributed by atoms with Crippen LogP contribution in [0.1, 0.15) is 35.2 Å². The summed E-state index contributed by atoms with van der Waals surface area (Å²) in [5.74, 6) is -0.325. The first-order valence-electron chi connectivity index (χ1n) is 5.84. The van der Waals surface area contributed by atoms with Gasteiger partial charge in [-0.05, 0) is 36.0 Å². The summed E-state index contributed by atoms with van der Waals surface area (Å²) in [4.78, 5) is 11.8. The Morgan fingerprint density at radius 3 is 3.00 bits per heavy atom. The van der Waals surface area contributed by atoms with Gasteiger partial charge in [0.05, 0.1) is 12.2 Å². The molecule has 0 radical (unpaired) electrons. The highest BCUT2D eigenvalue weighted by Crippen LogP contribution is 2.17.